The molecule has 3 aromatic rings. The van der Waals surface area contributed by atoms with Gasteiger partial charge in [-0.2, -0.15) is 10.4 Å². The second-order valence-corrected chi connectivity index (χ2v) is 9.91. The highest BCUT2D eigenvalue weighted by molar-refractivity contribution is 6.46. The largest absolute Gasteiger partial charge is 0.497 e. The minimum absolute atomic E-state index is 0.0162. The molecule has 1 aliphatic rings. The molecular weight excluding hydrogens is 577 g/mol. The lowest BCUT2D eigenvalue weighted by Gasteiger charge is -2.19. The van der Waals surface area contributed by atoms with Gasteiger partial charge in [-0.15, -0.1) is 10.2 Å². The van der Waals surface area contributed by atoms with E-state index in [-0.39, 0.29) is 39.8 Å². The Morgan fingerprint density at radius 1 is 1.15 bits per heavy atom. The van der Waals surface area contributed by atoms with Crippen LogP contribution in [-0.2, 0) is 21.5 Å². The molecule has 0 unspecified atom stereocenters. The fraction of sp³-hybridized carbons (Fsp3) is 0.192. The third-order valence-electron chi connectivity index (χ3n) is 6.00. The Bertz CT molecular complexity index is 1600. The van der Waals surface area contributed by atoms with Crippen LogP contribution in [0.5, 0.6) is 17.4 Å². The van der Waals surface area contributed by atoms with Gasteiger partial charge in [0.15, 0.2) is 11.6 Å². The molecule has 15 heteroatoms. The number of hydrazone groups is 1. The molecule has 0 saturated heterocycles. The smallest absolute Gasteiger partial charge is 0.411 e. The monoisotopic (exact) mass is 597 g/mol. The number of ether oxygens (including phenoxy) is 2. The van der Waals surface area contributed by atoms with E-state index in [9.17, 15) is 14.4 Å². The van der Waals surface area contributed by atoms with E-state index in [1.807, 2.05) is 24.3 Å². The van der Waals surface area contributed by atoms with Crippen LogP contribution >= 0.6 is 23.2 Å². The fourth-order valence-electron chi connectivity index (χ4n) is 3.92. The number of carbonyl (C=O) groups is 3. The summed E-state index contributed by atoms with van der Waals surface area (Å²) in [6.45, 7) is 3.84. The van der Waals surface area contributed by atoms with E-state index in [1.165, 1.54) is 23.5 Å². The maximum Gasteiger partial charge on any atom is 0.411 e. The molecule has 2 aromatic carbocycles. The summed E-state index contributed by atoms with van der Waals surface area (Å²) in [6.07, 6.45) is -1.64. The van der Waals surface area contributed by atoms with Crippen LogP contribution in [0.15, 0.2) is 47.6 Å². The third kappa shape index (κ3) is 6.13. The van der Waals surface area contributed by atoms with Gasteiger partial charge in [-0.1, -0.05) is 35.3 Å². The summed E-state index contributed by atoms with van der Waals surface area (Å²) in [7, 11) is 1.58. The molecule has 0 saturated carbocycles. The molecule has 3 N–H and O–H groups in total. The van der Waals surface area contributed by atoms with Gasteiger partial charge in [0.1, 0.15) is 11.8 Å². The number of carbonyl (C=O) groups excluding carboxylic acids is 2. The van der Waals surface area contributed by atoms with E-state index in [0.29, 0.717) is 17.1 Å². The summed E-state index contributed by atoms with van der Waals surface area (Å²) in [5, 5.41) is 31.2. The molecule has 0 spiro atoms. The Kier molecular flexibility index (Phi) is 8.27. The SMILES string of the molecule is COc1ccc(CN2C(=O)C(C)(C)c3cc(Oc4c(Cl)cc(NN=C(C#N)C(=O)NC(=O)O)cc4Cl)nnc32)cc1. The third-order valence-corrected chi connectivity index (χ3v) is 6.57. The van der Waals surface area contributed by atoms with Gasteiger partial charge in [0.2, 0.25) is 17.5 Å². The number of carboxylic acid groups (broad SMARTS) is 1. The first-order valence-electron chi connectivity index (χ1n) is 11.7. The number of imide groups is 1. The molecule has 1 aliphatic heterocycles. The topological polar surface area (TPSA) is 179 Å². The summed E-state index contributed by atoms with van der Waals surface area (Å²) >= 11 is 12.7. The summed E-state index contributed by atoms with van der Waals surface area (Å²) in [4.78, 5) is 37.2. The van der Waals surface area contributed by atoms with Crippen molar-refractivity contribution in [1.82, 2.24) is 15.5 Å². The number of nitriles is 1. The molecule has 3 amide bonds. The van der Waals surface area contributed by atoms with Crippen LogP contribution in [0.1, 0.15) is 25.0 Å². The van der Waals surface area contributed by atoms with Gasteiger partial charge in [0.05, 0.1) is 34.8 Å². The highest BCUT2D eigenvalue weighted by Gasteiger charge is 2.45. The lowest BCUT2D eigenvalue weighted by atomic mass is 9.87. The first-order valence-corrected chi connectivity index (χ1v) is 12.5. The molecule has 13 nitrogen and oxygen atoms in total. The van der Waals surface area contributed by atoms with Gasteiger partial charge in [0.25, 0.3) is 5.91 Å². The lowest BCUT2D eigenvalue weighted by molar-refractivity contribution is -0.122. The van der Waals surface area contributed by atoms with Crippen LogP contribution in [0, 0.1) is 11.3 Å². The minimum Gasteiger partial charge on any atom is -0.497 e. The van der Waals surface area contributed by atoms with E-state index in [1.54, 1.807) is 31.9 Å². The molecule has 0 radical (unpaired) electrons. The zero-order valence-corrected chi connectivity index (χ0v) is 23.2. The molecule has 4 rings (SSSR count). The maximum absolute atomic E-state index is 13.3. The van der Waals surface area contributed by atoms with E-state index < -0.39 is 23.1 Å². The maximum atomic E-state index is 13.3. The van der Waals surface area contributed by atoms with Crippen LogP contribution in [0.3, 0.4) is 0 Å². The van der Waals surface area contributed by atoms with E-state index in [4.69, 9.17) is 43.0 Å². The number of hydrogen-bond acceptors (Lipinski definition) is 10. The van der Waals surface area contributed by atoms with Crippen molar-refractivity contribution in [2.75, 3.05) is 17.4 Å². The van der Waals surface area contributed by atoms with Crippen LogP contribution < -0.4 is 25.1 Å². The van der Waals surface area contributed by atoms with Gasteiger partial charge in [-0.25, -0.2) is 4.79 Å². The van der Waals surface area contributed by atoms with Crippen molar-refractivity contribution in [2.24, 2.45) is 5.10 Å². The van der Waals surface area contributed by atoms with Crippen LogP contribution in [-0.4, -0.2) is 46.0 Å². The molecule has 0 fully saturated rings. The van der Waals surface area contributed by atoms with Crippen molar-refractivity contribution in [2.45, 2.75) is 25.8 Å². The molecular formula is C26H21Cl2N7O6. The van der Waals surface area contributed by atoms with Crippen molar-refractivity contribution in [3.63, 3.8) is 0 Å². The Morgan fingerprint density at radius 2 is 1.80 bits per heavy atom. The number of rotatable bonds is 8. The van der Waals surface area contributed by atoms with Crippen molar-refractivity contribution >= 4 is 58.3 Å². The first-order chi connectivity index (χ1) is 19.4. The minimum atomic E-state index is -1.64. The van der Waals surface area contributed by atoms with Gasteiger partial charge < -0.3 is 14.6 Å². The first kappa shape index (κ1) is 29.1. The van der Waals surface area contributed by atoms with Crippen LogP contribution in [0.25, 0.3) is 0 Å². The second-order valence-electron chi connectivity index (χ2n) is 9.10. The number of fused-ring (bicyclic) bond motifs is 1. The number of amides is 3. The predicted octanol–water partition coefficient (Wildman–Crippen LogP) is 4.49. The number of methoxy groups -OCH3 is 1. The van der Waals surface area contributed by atoms with Crippen LogP contribution in [0.4, 0.5) is 16.3 Å². The van der Waals surface area contributed by atoms with Crippen molar-refractivity contribution in [1.29, 1.82) is 5.26 Å². The van der Waals surface area contributed by atoms with Crippen molar-refractivity contribution in [3.8, 4) is 23.4 Å². The number of nitrogens with zero attached hydrogens (tertiary/aromatic N) is 5. The highest BCUT2D eigenvalue weighted by atomic mass is 35.5. The number of anilines is 2. The average Bonchev–Trinajstić information content (AvgIpc) is 3.11. The number of nitrogens with one attached hydrogen (secondary N) is 2. The highest BCUT2D eigenvalue weighted by Crippen LogP contribution is 2.44. The van der Waals surface area contributed by atoms with E-state index in [0.717, 1.165) is 5.56 Å². The second kappa shape index (κ2) is 11.7. The van der Waals surface area contributed by atoms with Crippen molar-refractivity contribution < 1.29 is 29.0 Å². The van der Waals surface area contributed by atoms with E-state index in [2.05, 4.69) is 20.7 Å². The molecule has 41 heavy (non-hydrogen) atoms. The molecule has 0 atom stereocenters. The number of benzene rings is 2. The zero-order valence-electron chi connectivity index (χ0n) is 21.7. The summed E-state index contributed by atoms with van der Waals surface area (Å²) in [5.74, 6) is -0.209. The number of hydrogen-bond donors (Lipinski definition) is 3. The van der Waals surface area contributed by atoms with Gasteiger partial charge in [0, 0.05) is 11.6 Å². The van der Waals surface area contributed by atoms with E-state index >= 15 is 0 Å². The Balaban J connectivity index is 1.55. The Labute approximate surface area is 243 Å². The Morgan fingerprint density at radius 3 is 2.39 bits per heavy atom. The number of aromatic nitrogens is 2. The zero-order chi connectivity index (χ0) is 29.9. The average molecular weight is 598 g/mol. The predicted molar refractivity (Wildman–Crippen MR) is 149 cm³/mol. The quantitative estimate of drug-likeness (QED) is 0.247. The Hall–Kier alpha value is -4.93. The van der Waals surface area contributed by atoms with Crippen molar-refractivity contribution in [3.05, 3.63) is 63.6 Å². The molecule has 0 aliphatic carbocycles. The van der Waals surface area contributed by atoms with Gasteiger partial charge >= 0.3 is 6.09 Å². The molecule has 0 bridgehead atoms. The summed E-state index contributed by atoms with van der Waals surface area (Å²) in [5.41, 5.74) is 2.41. The normalized spacial score (nSPS) is 13.7. The summed E-state index contributed by atoms with van der Waals surface area (Å²) in [6, 6.07) is 13.1. The molecule has 1 aromatic heterocycles. The van der Waals surface area contributed by atoms with Gasteiger partial charge in [-0.3, -0.25) is 25.2 Å². The van der Waals surface area contributed by atoms with Gasteiger partial charge in [-0.05, 0) is 43.7 Å². The molecule has 2 heterocycles. The fourth-order valence-corrected chi connectivity index (χ4v) is 4.48. The lowest BCUT2D eigenvalue weighted by Crippen LogP contribution is -2.35. The molecule has 210 valence electrons. The summed E-state index contributed by atoms with van der Waals surface area (Å²) < 4.78 is 11.0. The number of halogens is 2. The van der Waals surface area contributed by atoms with Crippen LogP contribution in [0.2, 0.25) is 10.0 Å². The standard InChI is InChI=1S/C26H21Cl2N7O6/c1-26(2)16-10-20(33-34-22(16)35(24(26)37)12-13-4-6-15(40-3)7-5-13)41-21-17(27)8-14(9-18(21)28)31-32-19(11-29)23(36)30-25(38)39/h4-10,31H,12H2,1-3H3,(H,30,36)(H,38,39).